The van der Waals surface area contributed by atoms with Crippen LogP contribution in [0.4, 0.5) is 0 Å². The van der Waals surface area contributed by atoms with E-state index < -0.39 is 0 Å². The van der Waals surface area contributed by atoms with Crippen molar-refractivity contribution < 1.29 is 4.79 Å². The third-order valence-corrected chi connectivity index (χ3v) is 6.98. The summed E-state index contributed by atoms with van der Waals surface area (Å²) in [5.74, 6) is 0.947. The third-order valence-electron chi connectivity index (χ3n) is 3.85. The van der Waals surface area contributed by atoms with Crippen molar-refractivity contribution in [2.24, 2.45) is 0 Å². The highest BCUT2D eigenvalue weighted by molar-refractivity contribution is 8.03. The summed E-state index contributed by atoms with van der Waals surface area (Å²) in [5, 5.41) is 11.3. The van der Waals surface area contributed by atoms with Gasteiger partial charge in [0.25, 0.3) is 0 Å². The molecule has 0 radical (unpaired) electrons. The lowest BCUT2D eigenvalue weighted by molar-refractivity contribution is -0.120. The fraction of sp³-hybridized carbons (Fsp3) is 0.250. The molecule has 140 valence electrons. The molecule has 0 aliphatic carbocycles. The van der Waals surface area contributed by atoms with Crippen LogP contribution in [0.2, 0.25) is 0 Å². The van der Waals surface area contributed by atoms with Gasteiger partial charge in [0, 0.05) is 0 Å². The van der Waals surface area contributed by atoms with Crippen LogP contribution < -0.4 is 5.32 Å². The molecule has 0 saturated carbocycles. The Labute approximate surface area is 172 Å². The lowest BCUT2D eigenvalue weighted by atomic mass is 9.98. The van der Waals surface area contributed by atoms with Crippen molar-refractivity contribution in [1.29, 1.82) is 0 Å². The molecule has 0 saturated heterocycles. The SMILES string of the molecule is CCSc1nnc(S[C@H](C)C(=O)NC(c2ccccc2)c2ccccc2)s1. The number of nitrogens with zero attached hydrogens (tertiary/aromatic N) is 2. The van der Waals surface area contributed by atoms with Gasteiger partial charge in [-0.1, -0.05) is 102 Å². The topological polar surface area (TPSA) is 54.9 Å². The Bertz CT molecular complexity index is 816. The van der Waals surface area contributed by atoms with Crippen molar-refractivity contribution in [2.45, 2.75) is 33.8 Å². The summed E-state index contributed by atoms with van der Waals surface area (Å²) in [5.41, 5.74) is 2.12. The molecule has 1 heterocycles. The summed E-state index contributed by atoms with van der Waals surface area (Å²) >= 11 is 4.66. The van der Waals surface area contributed by atoms with E-state index in [2.05, 4.69) is 22.4 Å². The maximum atomic E-state index is 12.9. The zero-order valence-electron chi connectivity index (χ0n) is 15.2. The normalized spacial score (nSPS) is 12.1. The minimum atomic E-state index is -0.257. The number of carbonyl (C=O) groups excluding carboxylic acids is 1. The molecule has 3 rings (SSSR count). The van der Waals surface area contributed by atoms with Gasteiger partial charge in [0.1, 0.15) is 0 Å². The minimum Gasteiger partial charge on any atom is -0.344 e. The van der Waals surface area contributed by atoms with Crippen LogP contribution in [0.15, 0.2) is 69.3 Å². The maximum absolute atomic E-state index is 12.9. The van der Waals surface area contributed by atoms with Crippen LogP contribution in [-0.4, -0.2) is 27.1 Å². The van der Waals surface area contributed by atoms with Crippen molar-refractivity contribution in [2.75, 3.05) is 5.75 Å². The van der Waals surface area contributed by atoms with Gasteiger partial charge in [0.15, 0.2) is 8.68 Å². The van der Waals surface area contributed by atoms with Gasteiger partial charge in [-0.2, -0.15) is 0 Å². The van der Waals surface area contributed by atoms with E-state index in [1.54, 1.807) is 11.8 Å². The van der Waals surface area contributed by atoms with E-state index in [4.69, 9.17) is 0 Å². The Morgan fingerprint density at radius 1 is 1.00 bits per heavy atom. The van der Waals surface area contributed by atoms with Gasteiger partial charge >= 0.3 is 0 Å². The average molecular weight is 416 g/mol. The van der Waals surface area contributed by atoms with Gasteiger partial charge in [0.05, 0.1) is 11.3 Å². The van der Waals surface area contributed by atoms with E-state index in [1.165, 1.54) is 23.1 Å². The number of hydrogen-bond donors (Lipinski definition) is 1. The van der Waals surface area contributed by atoms with Crippen molar-refractivity contribution in [1.82, 2.24) is 15.5 Å². The van der Waals surface area contributed by atoms with Crippen molar-refractivity contribution in [3.8, 4) is 0 Å². The minimum absolute atomic E-state index is 0.0161. The number of benzene rings is 2. The molecule has 0 spiro atoms. The Balaban J connectivity index is 1.72. The number of thioether (sulfide) groups is 2. The molecular weight excluding hydrogens is 394 g/mol. The predicted molar refractivity (Wildman–Crippen MR) is 114 cm³/mol. The highest BCUT2D eigenvalue weighted by atomic mass is 32.2. The van der Waals surface area contributed by atoms with Crippen LogP contribution in [0.25, 0.3) is 0 Å². The fourth-order valence-corrected chi connectivity index (χ4v) is 5.61. The van der Waals surface area contributed by atoms with E-state index in [0.717, 1.165) is 25.6 Å². The Hall–Kier alpha value is -1.83. The second-order valence-electron chi connectivity index (χ2n) is 5.79. The first-order chi connectivity index (χ1) is 13.2. The van der Waals surface area contributed by atoms with E-state index in [1.807, 2.05) is 67.6 Å². The first-order valence-electron chi connectivity index (χ1n) is 8.70. The monoisotopic (exact) mass is 415 g/mol. The zero-order valence-corrected chi connectivity index (χ0v) is 17.6. The molecule has 0 aliphatic heterocycles. The first kappa shape index (κ1) is 19.9. The van der Waals surface area contributed by atoms with Gasteiger partial charge in [-0.25, -0.2) is 0 Å². The molecule has 1 atom stereocenters. The van der Waals surface area contributed by atoms with Gasteiger partial charge in [-0.05, 0) is 23.8 Å². The Kier molecular flexibility index (Phi) is 7.32. The van der Waals surface area contributed by atoms with Gasteiger partial charge in [-0.15, -0.1) is 10.2 Å². The number of rotatable bonds is 8. The van der Waals surface area contributed by atoms with Crippen LogP contribution in [0.5, 0.6) is 0 Å². The van der Waals surface area contributed by atoms with E-state index >= 15 is 0 Å². The van der Waals surface area contributed by atoms with Crippen LogP contribution in [0.3, 0.4) is 0 Å². The van der Waals surface area contributed by atoms with Crippen molar-refractivity contribution in [3.05, 3.63) is 71.8 Å². The third kappa shape index (κ3) is 5.57. The molecular formula is C20H21N3OS3. The molecule has 1 aromatic heterocycles. The number of amides is 1. The number of aromatic nitrogens is 2. The zero-order chi connectivity index (χ0) is 19.1. The molecule has 0 fully saturated rings. The number of hydrogen-bond acceptors (Lipinski definition) is 6. The smallest absolute Gasteiger partial charge is 0.234 e. The van der Waals surface area contributed by atoms with Gasteiger partial charge in [0.2, 0.25) is 5.91 Å². The largest absolute Gasteiger partial charge is 0.344 e. The summed E-state index contributed by atoms with van der Waals surface area (Å²) in [6.45, 7) is 3.99. The molecule has 4 nitrogen and oxygen atoms in total. The summed E-state index contributed by atoms with van der Waals surface area (Å²) in [7, 11) is 0. The molecule has 0 bridgehead atoms. The second-order valence-corrected chi connectivity index (χ2v) is 9.87. The van der Waals surface area contributed by atoms with Crippen LogP contribution in [-0.2, 0) is 4.79 Å². The van der Waals surface area contributed by atoms with Crippen LogP contribution >= 0.6 is 34.9 Å². The first-order valence-corrected chi connectivity index (χ1v) is 11.4. The highest BCUT2D eigenvalue weighted by Crippen LogP contribution is 2.31. The Morgan fingerprint density at radius 3 is 2.11 bits per heavy atom. The molecule has 0 unspecified atom stereocenters. The second kappa shape index (κ2) is 9.92. The molecule has 2 aromatic carbocycles. The van der Waals surface area contributed by atoms with E-state index in [-0.39, 0.29) is 17.2 Å². The maximum Gasteiger partial charge on any atom is 0.234 e. The van der Waals surface area contributed by atoms with E-state index in [0.29, 0.717) is 0 Å². The highest BCUT2D eigenvalue weighted by Gasteiger charge is 2.22. The molecule has 1 N–H and O–H groups in total. The fourth-order valence-electron chi connectivity index (χ4n) is 2.54. The summed E-state index contributed by atoms with van der Waals surface area (Å²) < 4.78 is 1.77. The van der Waals surface area contributed by atoms with E-state index in [9.17, 15) is 4.79 Å². The van der Waals surface area contributed by atoms with Crippen LogP contribution in [0, 0.1) is 0 Å². The number of nitrogens with one attached hydrogen (secondary N) is 1. The van der Waals surface area contributed by atoms with Crippen LogP contribution in [0.1, 0.15) is 31.0 Å². The molecule has 0 aliphatic rings. The molecule has 27 heavy (non-hydrogen) atoms. The summed E-state index contributed by atoms with van der Waals surface area (Å²) in [6.07, 6.45) is 0. The van der Waals surface area contributed by atoms with Crippen molar-refractivity contribution >= 4 is 40.8 Å². The van der Waals surface area contributed by atoms with Crippen molar-refractivity contribution in [3.63, 3.8) is 0 Å². The molecule has 3 aromatic rings. The Morgan fingerprint density at radius 2 is 1.56 bits per heavy atom. The summed E-state index contributed by atoms with van der Waals surface area (Å²) in [4.78, 5) is 12.9. The number of carbonyl (C=O) groups is 1. The quantitative estimate of drug-likeness (QED) is 0.523. The lowest BCUT2D eigenvalue weighted by Crippen LogP contribution is -2.34. The predicted octanol–water partition coefficient (Wildman–Crippen LogP) is 5.04. The molecule has 7 heteroatoms. The average Bonchev–Trinajstić information content (AvgIpc) is 3.14. The van der Waals surface area contributed by atoms with Gasteiger partial charge < -0.3 is 5.32 Å². The van der Waals surface area contributed by atoms with Gasteiger partial charge in [-0.3, -0.25) is 4.79 Å². The molecule has 1 amide bonds. The summed E-state index contributed by atoms with van der Waals surface area (Å²) in [6, 6.07) is 19.9. The lowest BCUT2D eigenvalue weighted by Gasteiger charge is -2.21. The standard InChI is InChI=1S/C20H21N3OS3/c1-3-25-19-22-23-20(27-19)26-14(2)18(24)21-17(15-10-6-4-7-11-15)16-12-8-5-9-13-16/h4-14,17H,3H2,1-2H3,(H,21,24)/t14-/m1/s1.